The van der Waals surface area contributed by atoms with Crippen molar-refractivity contribution in [3.05, 3.63) is 64.2 Å². The number of piperidine rings is 1. The van der Waals surface area contributed by atoms with Crippen LogP contribution in [0.15, 0.2) is 42.5 Å². The fraction of sp³-hybridized carbons (Fsp3) is 0.435. The fourth-order valence-electron chi connectivity index (χ4n) is 3.49. The largest absolute Gasteiger partial charge is 0.492 e. The Labute approximate surface area is 172 Å². The van der Waals surface area contributed by atoms with Crippen molar-refractivity contribution in [3.8, 4) is 5.75 Å². The zero-order chi connectivity index (χ0) is 19.9. The van der Waals surface area contributed by atoms with E-state index in [1.165, 1.54) is 16.7 Å². The quantitative estimate of drug-likeness (QED) is 0.702. The summed E-state index contributed by atoms with van der Waals surface area (Å²) in [6.07, 6.45) is 1.80. The van der Waals surface area contributed by atoms with Gasteiger partial charge in [-0.3, -0.25) is 9.69 Å². The van der Waals surface area contributed by atoms with Gasteiger partial charge in [0.25, 0.3) is 0 Å². The van der Waals surface area contributed by atoms with Crippen LogP contribution in [0.2, 0.25) is 5.02 Å². The molecule has 1 heterocycles. The summed E-state index contributed by atoms with van der Waals surface area (Å²) in [7, 11) is 0. The fourth-order valence-corrected chi connectivity index (χ4v) is 3.62. The Morgan fingerprint density at radius 3 is 2.50 bits per heavy atom. The molecular weight excluding hydrogens is 372 g/mol. The number of benzene rings is 2. The van der Waals surface area contributed by atoms with Gasteiger partial charge in [0, 0.05) is 17.5 Å². The highest BCUT2D eigenvalue weighted by Crippen LogP contribution is 2.20. The van der Waals surface area contributed by atoms with Crippen LogP contribution in [0.3, 0.4) is 0 Å². The Morgan fingerprint density at radius 2 is 1.82 bits per heavy atom. The number of likely N-dealkylation sites (tertiary alicyclic amines) is 1. The molecule has 2 aromatic carbocycles. The van der Waals surface area contributed by atoms with Crippen LogP contribution in [0, 0.1) is 19.8 Å². The molecule has 0 aromatic heterocycles. The van der Waals surface area contributed by atoms with E-state index in [1.54, 1.807) is 0 Å². The van der Waals surface area contributed by atoms with Crippen molar-refractivity contribution in [3.63, 3.8) is 0 Å². The molecule has 0 unspecified atom stereocenters. The van der Waals surface area contributed by atoms with E-state index >= 15 is 0 Å². The molecule has 150 valence electrons. The topological polar surface area (TPSA) is 41.6 Å². The first-order chi connectivity index (χ1) is 13.5. The Bertz CT molecular complexity index is 784. The Hall–Kier alpha value is -2.04. The third-order valence-electron chi connectivity index (χ3n) is 5.43. The summed E-state index contributed by atoms with van der Waals surface area (Å²) in [5.41, 5.74) is 3.73. The molecule has 3 rings (SSSR count). The van der Waals surface area contributed by atoms with E-state index in [0.29, 0.717) is 13.2 Å². The zero-order valence-corrected chi connectivity index (χ0v) is 17.5. The lowest BCUT2D eigenvalue weighted by Crippen LogP contribution is -2.41. The van der Waals surface area contributed by atoms with Crippen molar-refractivity contribution in [2.75, 3.05) is 26.2 Å². The van der Waals surface area contributed by atoms with Gasteiger partial charge in [0.05, 0.1) is 6.54 Å². The summed E-state index contributed by atoms with van der Waals surface area (Å²) in [5.74, 6) is 1.10. The molecule has 1 aliphatic rings. The molecule has 1 fully saturated rings. The second-order valence-electron chi connectivity index (χ2n) is 7.56. The average Bonchev–Trinajstić information content (AvgIpc) is 2.70. The molecule has 0 atom stereocenters. The van der Waals surface area contributed by atoms with Gasteiger partial charge in [-0.1, -0.05) is 29.8 Å². The van der Waals surface area contributed by atoms with Crippen LogP contribution in [0.5, 0.6) is 5.75 Å². The highest BCUT2D eigenvalue weighted by Gasteiger charge is 2.24. The maximum Gasteiger partial charge on any atom is 0.223 e. The molecule has 0 bridgehead atoms. The van der Waals surface area contributed by atoms with Gasteiger partial charge >= 0.3 is 0 Å². The molecule has 1 aliphatic heterocycles. The molecule has 1 saturated heterocycles. The van der Waals surface area contributed by atoms with Crippen LogP contribution in [0.1, 0.15) is 29.5 Å². The summed E-state index contributed by atoms with van der Waals surface area (Å²) < 4.78 is 5.74. The van der Waals surface area contributed by atoms with Crippen molar-refractivity contribution in [2.45, 2.75) is 33.2 Å². The van der Waals surface area contributed by atoms with Gasteiger partial charge in [-0.05, 0) is 80.7 Å². The van der Waals surface area contributed by atoms with E-state index in [0.717, 1.165) is 43.2 Å². The Morgan fingerprint density at radius 1 is 1.11 bits per heavy atom. The first-order valence-corrected chi connectivity index (χ1v) is 10.3. The number of aryl methyl sites for hydroxylation is 2. The third kappa shape index (κ3) is 5.98. The first kappa shape index (κ1) is 20.7. The molecule has 1 amide bonds. The minimum atomic E-state index is 0.100. The highest BCUT2D eigenvalue weighted by molar-refractivity contribution is 6.30. The van der Waals surface area contributed by atoms with Crippen molar-refractivity contribution < 1.29 is 9.53 Å². The molecule has 28 heavy (non-hydrogen) atoms. The van der Waals surface area contributed by atoms with Gasteiger partial charge in [-0.25, -0.2) is 0 Å². The van der Waals surface area contributed by atoms with E-state index in [4.69, 9.17) is 16.3 Å². The number of nitrogens with zero attached hydrogens (tertiary/aromatic N) is 1. The summed E-state index contributed by atoms with van der Waals surface area (Å²) in [6.45, 7) is 7.98. The number of hydrogen-bond acceptors (Lipinski definition) is 3. The maximum absolute atomic E-state index is 12.4. The maximum atomic E-state index is 12.4. The smallest absolute Gasteiger partial charge is 0.223 e. The van der Waals surface area contributed by atoms with E-state index in [9.17, 15) is 4.79 Å². The lowest BCUT2D eigenvalue weighted by molar-refractivity contribution is -0.126. The predicted octanol–water partition coefficient (Wildman–Crippen LogP) is 4.36. The van der Waals surface area contributed by atoms with Crippen molar-refractivity contribution >= 4 is 17.5 Å². The Balaban J connectivity index is 1.34. The molecule has 5 heteroatoms. The van der Waals surface area contributed by atoms with Gasteiger partial charge in [0.2, 0.25) is 5.91 Å². The van der Waals surface area contributed by atoms with Gasteiger partial charge < -0.3 is 10.1 Å². The number of ether oxygens (including phenoxy) is 1. The molecule has 0 saturated carbocycles. The van der Waals surface area contributed by atoms with Crippen LogP contribution in [-0.4, -0.2) is 37.0 Å². The molecule has 1 N–H and O–H groups in total. The normalized spacial score (nSPS) is 15.4. The standard InChI is InChI=1S/C23H29ClN2O2/c1-17-3-8-22(15-18(17)2)28-14-11-25-23(27)20-9-12-26(13-10-20)16-19-4-6-21(24)7-5-19/h3-8,15,20H,9-14,16H2,1-2H3,(H,25,27). The van der Waals surface area contributed by atoms with Crippen LogP contribution in [-0.2, 0) is 11.3 Å². The monoisotopic (exact) mass is 400 g/mol. The number of nitrogens with one attached hydrogen (secondary N) is 1. The van der Waals surface area contributed by atoms with Crippen molar-refractivity contribution in [1.29, 1.82) is 0 Å². The second-order valence-corrected chi connectivity index (χ2v) is 8.00. The van der Waals surface area contributed by atoms with E-state index in [-0.39, 0.29) is 11.8 Å². The molecule has 0 radical (unpaired) electrons. The minimum Gasteiger partial charge on any atom is -0.492 e. The summed E-state index contributed by atoms with van der Waals surface area (Å²) in [5, 5.41) is 3.79. The lowest BCUT2D eigenvalue weighted by Gasteiger charge is -2.31. The first-order valence-electron chi connectivity index (χ1n) is 9.96. The average molecular weight is 401 g/mol. The van der Waals surface area contributed by atoms with Gasteiger partial charge in [0.1, 0.15) is 12.4 Å². The van der Waals surface area contributed by atoms with Crippen LogP contribution in [0.4, 0.5) is 0 Å². The number of hydrogen-bond donors (Lipinski definition) is 1. The molecule has 2 aromatic rings. The van der Waals surface area contributed by atoms with Gasteiger partial charge in [-0.2, -0.15) is 0 Å². The highest BCUT2D eigenvalue weighted by atomic mass is 35.5. The molecule has 4 nitrogen and oxygen atoms in total. The molecular formula is C23H29ClN2O2. The number of amides is 1. The summed E-state index contributed by atoms with van der Waals surface area (Å²) >= 11 is 5.94. The van der Waals surface area contributed by atoms with E-state index < -0.39 is 0 Å². The summed E-state index contributed by atoms with van der Waals surface area (Å²) in [6, 6.07) is 14.1. The molecule has 0 spiro atoms. The third-order valence-corrected chi connectivity index (χ3v) is 5.68. The lowest BCUT2D eigenvalue weighted by atomic mass is 9.95. The predicted molar refractivity (Wildman–Crippen MR) is 114 cm³/mol. The Kier molecular flexibility index (Phi) is 7.35. The van der Waals surface area contributed by atoms with Crippen LogP contribution < -0.4 is 10.1 Å². The van der Waals surface area contributed by atoms with Crippen LogP contribution in [0.25, 0.3) is 0 Å². The van der Waals surface area contributed by atoms with E-state index in [1.807, 2.05) is 24.3 Å². The zero-order valence-electron chi connectivity index (χ0n) is 16.7. The second kappa shape index (κ2) is 9.94. The SMILES string of the molecule is Cc1ccc(OCCNC(=O)C2CCN(Cc3ccc(Cl)cc3)CC2)cc1C. The summed E-state index contributed by atoms with van der Waals surface area (Å²) in [4.78, 5) is 14.8. The van der Waals surface area contributed by atoms with Crippen molar-refractivity contribution in [1.82, 2.24) is 10.2 Å². The van der Waals surface area contributed by atoms with Crippen LogP contribution >= 0.6 is 11.6 Å². The minimum absolute atomic E-state index is 0.100. The number of carbonyl (C=O) groups is 1. The van der Waals surface area contributed by atoms with Crippen molar-refractivity contribution in [2.24, 2.45) is 5.92 Å². The van der Waals surface area contributed by atoms with E-state index in [2.05, 4.69) is 42.3 Å². The number of halogens is 1. The molecule has 0 aliphatic carbocycles. The number of rotatable bonds is 7. The number of carbonyl (C=O) groups excluding carboxylic acids is 1. The van der Waals surface area contributed by atoms with Gasteiger partial charge in [0.15, 0.2) is 0 Å². The van der Waals surface area contributed by atoms with Gasteiger partial charge in [-0.15, -0.1) is 0 Å².